The first-order valence-corrected chi connectivity index (χ1v) is 23.8. The molecule has 57 heavy (non-hydrogen) atoms. The van der Waals surface area contributed by atoms with Crippen LogP contribution in [0.1, 0.15) is 219 Å². The highest BCUT2D eigenvalue weighted by Gasteiger charge is 2.44. The molecule has 2 unspecified atom stereocenters. The molecule has 1 aliphatic rings. The van der Waals surface area contributed by atoms with Crippen LogP contribution in [0.2, 0.25) is 0 Å². The number of ether oxygens (including phenoxy) is 4. The second kappa shape index (κ2) is 38.6. The van der Waals surface area contributed by atoms with Crippen LogP contribution >= 0.6 is 0 Å². The van der Waals surface area contributed by atoms with Gasteiger partial charge in [0, 0.05) is 12.8 Å². The summed E-state index contributed by atoms with van der Waals surface area (Å²) >= 11 is 0. The molecule has 1 heterocycles. The fourth-order valence-corrected chi connectivity index (χ4v) is 7.36. The highest BCUT2D eigenvalue weighted by atomic mass is 16.7. The molecule has 10 heteroatoms. The number of unbranched alkanes of at least 4 members (excludes halogenated alkanes) is 27. The number of hydrogen-bond acceptors (Lipinski definition) is 10. The van der Waals surface area contributed by atoms with Gasteiger partial charge in [0.2, 0.25) is 0 Å². The minimum Gasteiger partial charge on any atom is -0.462 e. The molecule has 0 saturated carbocycles. The van der Waals surface area contributed by atoms with E-state index in [1.54, 1.807) is 0 Å². The number of aliphatic hydroxyl groups is 4. The summed E-state index contributed by atoms with van der Waals surface area (Å²) in [4.78, 5) is 25.3. The van der Waals surface area contributed by atoms with E-state index in [2.05, 4.69) is 26.0 Å². The molecule has 1 saturated heterocycles. The lowest BCUT2D eigenvalue weighted by molar-refractivity contribution is -0.305. The van der Waals surface area contributed by atoms with Gasteiger partial charge in [-0.3, -0.25) is 9.59 Å². The van der Waals surface area contributed by atoms with Crippen molar-refractivity contribution in [2.24, 2.45) is 0 Å². The molecule has 1 aliphatic heterocycles. The van der Waals surface area contributed by atoms with E-state index in [0.29, 0.717) is 12.8 Å². The van der Waals surface area contributed by atoms with E-state index in [9.17, 15) is 30.0 Å². The molecule has 1 fully saturated rings. The molecule has 1 rings (SSSR count). The Balaban J connectivity index is 2.28. The van der Waals surface area contributed by atoms with Gasteiger partial charge in [-0.15, -0.1) is 0 Å². The lowest BCUT2D eigenvalue weighted by Gasteiger charge is -2.39. The Morgan fingerprint density at radius 3 is 1.39 bits per heavy atom. The van der Waals surface area contributed by atoms with Crippen LogP contribution in [-0.2, 0) is 28.5 Å². The summed E-state index contributed by atoms with van der Waals surface area (Å²) in [5, 5.41) is 40.1. The van der Waals surface area contributed by atoms with Crippen molar-refractivity contribution in [1.29, 1.82) is 0 Å². The SMILES string of the molecule is CCCCCCCC/C=C/CCCCCC(=O)OC[C@H](CO[C@@H]1O[C@H](CO)[C@H](O)C(O)C1O)OC(=O)CCCCCCCCCCCCCCCCCCCCC. The summed E-state index contributed by atoms with van der Waals surface area (Å²) in [5.74, 6) is -0.814. The van der Waals surface area contributed by atoms with Crippen LogP contribution in [0.4, 0.5) is 0 Å². The van der Waals surface area contributed by atoms with Crippen molar-refractivity contribution in [1.82, 2.24) is 0 Å². The molecule has 0 bridgehead atoms. The van der Waals surface area contributed by atoms with Crippen LogP contribution in [0.25, 0.3) is 0 Å². The fraction of sp³-hybridized carbons (Fsp3) is 0.915. The monoisotopic (exact) mass is 813 g/mol. The van der Waals surface area contributed by atoms with Gasteiger partial charge < -0.3 is 39.4 Å². The first-order chi connectivity index (χ1) is 27.8. The summed E-state index contributed by atoms with van der Waals surface area (Å²) in [6, 6.07) is 0. The number of esters is 2. The van der Waals surface area contributed by atoms with Gasteiger partial charge in [-0.25, -0.2) is 0 Å². The smallest absolute Gasteiger partial charge is 0.306 e. The van der Waals surface area contributed by atoms with Crippen molar-refractivity contribution in [2.75, 3.05) is 19.8 Å². The average Bonchev–Trinajstić information content (AvgIpc) is 3.21. The van der Waals surface area contributed by atoms with Crippen molar-refractivity contribution >= 4 is 11.9 Å². The molecular weight excluding hydrogens is 725 g/mol. The summed E-state index contributed by atoms with van der Waals surface area (Å²) in [5.41, 5.74) is 0. The highest BCUT2D eigenvalue weighted by Crippen LogP contribution is 2.23. The number of hydrogen-bond donors (Lipinski definition) is 4. The summed E-state index contributed by atoms with van der Waals surface area (Å²) in [7, 11) is 0. The maximum Gasteiger partial charge on any atom is 0.306 e. The standard InChI is InChI=1S/C47H88O10/c1-3-5-7-9-11-13-15-17-18-19-20-21-22-24-26-28-30-32-34-36-43(50)56-40(39-55-47-46(53)45(52)44(51)41(37-48)57-47)38-54-42(49)35-33-31-29-27-25-23-16-14-12-10-8-6-4-2/h23,25,40-41,44-48,51-53H,3-22,24,26-39H2,1-2H3/b25-23+/t40-,41-,44+,45?,46?,47-/m1/s1. The van der Waals surface area contributed by atoms with Gasteiger partial charge >= 0.3 is 11.9 Å². The largest absolute Gasteiger partial charge is 0.462 e. The second-order valence-corrected chi connectivity index (χ2v) is 16.6. The van der Waals surface area contributed by atoms with Gasteiger partial charge in [-0.1, -0.05) is 180 Å². The molecule has 0 aromatic heterocycles. The normalized spacial score (nSPS) is 20.3. The molecule has 6 atom stereocenters. The molecule has 0 aromatic carbocycles. The van der Waals surface area contributed by atoms with E-state index in [4.69, 9.17) is 18.9 Å². The van der Waals surface area contributed by atoms with Crippen LogP contribution in [-0.4, -0.2) is 89.0 Å². The molecule has 0 radical (unpaired) electrons. The Labute approximate surface area is 348 Å². The minimum absolute atomic E-state index is 0.220. The highest BCUT2D eigenvalue weighted by molar-refractivity contribution is 5.70. The molecule has 0 amide bonds. The summed E-state index contributed by atoms with van der Waals surface area (Å²) in [6.07, 6.45) is 33.6. The zero-order valence-electron chi connectivity index (χ0n) is 36.6. The fourth-order valence-electron chi connectivity index (χ4n) is 7.36. The van der Waals surface area contributed by atoms with E-state index in [-0.39, 0.29) is 32.0 Å². The van der Waals surface area contributed by atoms with Crippen LogP contribution in [0.15, 0.2) is 12.2 Å². The van der Waals surface area contributed by atoms with Crippen molar-refractivity contribution in [3.8, 4) is 0 Å². The van der Waals surface area contributed by atoms with Gasteiger partial charge in [-0.05, 0) is 38.5 Å². The Morgan fingerprint density at radius 1 is 0.526 bits per heavy atom. The minimum atomic E-state index is -1.59. The summed E-state index contributed by atoms with van der Waals surface area (Å²) in [6.45, 7) is 3.43. The molecule has 4 N–H and O–H groups in total. The Hall–Kier alpha value is -1.56. The maximum absolute atomic E-state index is 12.8. The van der Waals surface area contributed by atoms with Crippen LogP contribution in [0, 0.1) is 0 Å². The van der Waals surface area contributed by atoms with Crippen molar-refractivity contribution in [3.05, 3.63) is 12.2 Å². The zero-order valence-corrected chi connectivity index (χ0v) is 36.6. The topological polar surface area (TPSA) is 152 Å². The predicted octanol–water partition coefficient (Wildman–Crippen LogP) is 10.3. The molecule has 0 spiro atoms. The number of carbonyl (C=O) groups is 2. The van der Waals surface area contributed by atoms with Crippen LogP contribution < -0.4 is 0 Å². The van der Waals surface area contributed by atoms with Gasteiger partial charge in [0.1, 0.15) is 31.0 Å². The van der Waals surface area contributed by atoms with Crippen molar-refractivity contribution in [3.63, 3.8) is 0 Å². The van der Waals surface area contributed by atoms with E-state index in [1.165, 1.54) is 135 Å². The first kappa shape index (κ1) is 53.5. The Bertz CT molecular complexity index is 943. The van der Waals surface area contributed by atoms with E-state index in [1.807, 2.05) is 0 Å². The Kier molecular flexibility index (Phi) is 36.2. The quantitative estimate of drug-likeness (QED) is 0.0267. The second-order valence-electron chi connectivity index (χ2n) is 16.6. The average molecular weight is 813 g/mol. The summed E-state index contributed by atoms with van der Waals surface area (Å²) < 4.78 is 22.2. The van der Waals surface area contributed by atoms with Gasteiger partial charge in [0.25, 0.3) is 0 Å². The zero-order chi connectivity index (χ0) is 41.6. The van der Waals surface area contributed by atoms with Crippen molar-refractivity contribution in [2.45, 2.75) is 256 Å². The lowest BCUT2D eigenvalue weighted by Crippen LogP contribution is -2.59. The van der Waals surface area contributed by atoms with Gasteiger partial charge in [-0.2, -0.15) is 0 Å². The number of aliphatic hydroxyl groups excluding tert-OH is 4. The van der Waals surface area contributed by atoms with Crippen LogP contribution in [0.5, 0.6) is 0 Å². The molecule has 0 aromatic rings. The molecule has 336 valence electrons. The third kappa shape index (κ3) is 30.2. The van der Waals surface area contributed by atoms with Crippen molar-refractivity contribution < 1.29 is 49.0 Å². The molecule has 0 aliphatic carbocycles. The molecular formula is C47H88O10. The third-order valence-electron chi connectivity index (χ3n) is 11.2. The van der Waals surface area contributed by atoms with E-state index < -0.39 is 49.4 Å². The number of allylic oxidation sites excluding steroid dienone is 2. The maximum atomic E-state index is 12.8. The first-order valence-electron chi connectivity index (χ1n) is 23.8. The Morgan fingerprint density at radius 2 is 0.930 bits per heavy atom. The number of carbonyl (C=O) groups excluding carboxylic acids is 2. The predicted molar refractivity (Wildman–Crippen MR) is 229 cm³/mol. The molecule has 10 nitrogen and oxygen atoms in total. The number of rotatable bonds is 40. The van der Waals surface area contributed by atoms with E-state index in [0.717, 1.165) is 44.9 Å². The third-order valence-corrected chi connectivity index (χ3v) is 11.2. The lowest BCUT2D eigenvalue weighted by atomic mass is 9.99. The van der Waals surface area contributed by atoms with Gasteiger partial charge in [0.05, 0.1) is 13.2 Å². The van der Waals surface area contributed by atoms with E-state index >= 15 is 0 Å². The van der Waals surface area contributed by atoms with Gasteiger partial charge in [0.15, 0.2) is 12.4 Å². The van der Waals surface area contributed by atoms with Crippen LogP contribution in [0.3, 0.4) is 0 Å².